The van der Waals surface area contributed by atoms with Crippen LogP contribution in [0.4, 0.5) is 0 Å². The molecule has 0 saturated carbocycles. The molecular weight excluding hydrogens is 178 g/mol. The highest BCUT2D eigenvalue weighted by molar-refractivity contribution is 5.48. The van der Waals surface area contributed by atoms with Crippen LogP contribution >= 0.6 is 0 Å². The highest BCUT2D eigenvalue weighted by atomic mass is 16.5. The van der Waals surface area contributed by atoms with Gasteiger partial charge < -0.3 is 15.2 Å². The Kier molecular flexibility index (Phi) is 2.33. The summed E-state index contributed by atoms with van der Waals surface area (Å²) in [6.07, 6.45) is 0.874. The van der Waals surface area contributed by atoms with E-state index in [-0.39, 0.29) is 6.04 Å². The molecule has 14 heavy (non-hydrogen) atoms. The zero-order chi connectivity index (χ0) is 10.1. The molecule has 2 rings (SSSR count). The summed E-state index contributed by atoms with van der Waals surface area (Å²) in [4.78, 5) is 0. The number of fused-ring (bicyclic) bond motifs is 1. The summed E-state index contributed by atoms with van der Waals surface area (Å²) < 4.78 is 10.8. The molecule has 1 aliphatic heterocycles. The maximum Gasteiger partial charge on any atom is 0.124 e. The van der Waals surface area contributed by atoms with Crippen LogP contribution in [-0.2, 0) is 0 Å². The van der Waals surface area contributed by atoms with Crippen molar-refractivity contribution in [3.8, 4) is 11.5 Å². The first kappa shape index (κ1) is 9.34. The van der Waals surface area contributed by atoms with Gasteiger partial charge in [0, 0.05) is 18.0 Å². The minimum atomic E-state index is 0.0771. The highest BCUT2D eigenvalue weighted by Gasteiger charge is 2.19. The topological polar surface area (TPSA) is 44.5 Å². The normalized spacial score (nSPS) is 19.8. The number of nitrogens with two attached hydrogens (primary N) is 1. The van der Waals surface area contributed by atoms with Crippen molar-refractivity contribution in [2.24, 2.45) is 5.73 Å². The van der Waals surface area contributed by atoms with E-state index < -0.39 is 0 Å². The lowest BCUT2D eigenvalue weighted by Gasteiger charge is -2.24. The van der Waals surface area contributed by atoms with Crippen LogP contribution < -0.4 is 15.2 Å². The number of hydrogen-bond donors (Lipinski definition) is 1. The second-order valence-corrected chi connectivity index (χ2v) is 3.60. The van der Waals surface area contributed by atoms with Crippen LogP contribution in [0.2, 0.25) is 0 Å². The molecule has 1 atom stereocenters. The average molecular weight is 193 g/mol. The molecule has 0 aliphatic carbocycles. The lowest BCUT2D eigenvalue weighted by atomic mass is 9.99. The molecule has 76 valence electrons. The van der Waals surface area contributed by atoms with E-state index in [0.717, 1.165) is 29.0 Å². The minimum Gasteiger partial charge on any atom is -0.496 e. The van der Waals surface area contributed by atoms with Crippen molar-refractivity contribution in [2.45, 2.75) is 19.4 Å². The number of benzene rings is 1. The predicted octanol–water partition coefficient (Wildman–Crippen LogP) is 1.79. The van der Waals surface area contributed by atoms with Crippen LogP contribution in [0.1, 0.15) is 23.6 Å². The Morgan fingerprint density at radius 2 is 2.29 bits per heavy atom. The van der Waals surface area contributed by atoms with Gasteiger partial charge in [-0.25, -0.2) is 0 Å². The van der Waals surface area contributed by atoms with Gasteiger partial charge >= 0.3 is 0 Å². The smallest absolute Gasteiger partial charge is 0.124 e. The third kappa shape index (κ3) is 1.44. The van der Waals surface area contributed by atoms with Gasteiger partial charge in [0.05, 0.1) is 13.7 Å². The fraction of sp³-hybridized carbons (Fsp3) is 0.455. The molecule has 2 N–H and O–H groups in total. The van der Waals surface area contributed by atoms with Gasteiger partial charge in [-0.05, 0) is 24.6 Å². The van der Waals surface area contributed by atoms with Crippen LogP contribution in [-0.4, -0.2) is 13.7 Å². The van der Waals surface area contributed by atoms with E-state index in [9.17, 15) is 0 Å². The van der Waals surface area contributed by atoms with Crippen molar-refractivity contribution in [3.05, 3.63) is 23.3 Å². The summed E-state index contributed by atoms with van der Waals surface area (Å²) in [6, 6.07) is 4.05. The maximum atomic E-state index is 5.98. The molecule has 3 nitrogen and oxygen atoms in total. The summed E-state index contributed by atoms with van der Waals surface area (Å²) >= 11 is 0. The standard InChI is InChI=1S/C11H15NO2/c1-7-5-11-8(6-10(7)13-2)9(12)3-4-14-11/h5-6,9H,3-4,12H2,1-2H3/t9-/m0/s1. The summed E-state index contributed by atoms with van der Waals surface area (Å²) in [5.74, 6) is 1.78. The summed E-state index contributed by atoms with van der Waals surface area (Å²) in [5, 5.41) is 0. The van der Waals surface area contributed by atoms with E-state index >= 15 is 0 Å². The lowest BCUT2D eigenvalue weighted by Crippen LogP contribution is -2.20. The molecule has 1 aliphatic rings. The van der Waals surface area contributed by atoms with Crippen molar-refractivity contribution in [1.82, 2.24) is 0 Å². The first-order valence-corrected chi connectivity index (χ1v) is 4.79. The Balaban J connectivity index is 2.49. The van der Waals surface area contributed by atoms with Crippen molar-refractivity contribution in [3.63, 3.8) is 0 Å². The second-order valence-electron chi connectivity index (χ2n) is 3.60. The number of ether oxygens (including phenoxy) is 2. The number of aryl methyl sites for hydroxylation is 1. The largest absolute Gasteiger partial charge is 0.496 e. The zero-order valence-corrected chi connectivity index (χ0v) is 8.54. The van der Waals surface area contributed by atoms with Gasteiger partial charge in [0.25, 0.3) is 0 Å². The number of methoxy groups -OCH3 is 1. The molecule has 0 aromatic heterocycles. The molecule has 0 amide bonds. The number of hydrogen-bond acceptors (Lipinski definition) is 3. The Labute approximate surface area is 83.8 Å². The van der Waals surface area contributed by atoms with Crippen LogP contribution in [0, 0.1) is 6.92 Å². The molecule has 0 bridgehead atoms. The lowest BCUT2D eigenvalue weighted by molar-refractivity contribution is 0.267. The molecule has 0 fully saturated rings. The van der Waals surface area contributed by atoms with Gasteiger partial charge in [-0.3, -0.25) is 0 Å². The Morgan fingerprint density at radius 1 is 1.50 bits per heavy atom. The molecule has 1 aromatic carbocycles. The molecule has 1 heterocycles. The Morgan fingerprint density at radius 3 is 3.00 bits per heavy atom. The zero-order valence-electron chi connectivity index (χ0n) is 8.54. The Hall–Kier alpha value is -1.22. The first-order valence-electron chi connectivity index (χ1n) is 4.79. The quantitative estimate of drug-likeness (QED) is 0.739. The monoisotopic (exact) mass is 193 g/mol. The van der Waals surface area contributed by atoms with E-state index in [1.165, 1.54) is 0 Å². The summed E-state index contributed by atoms with van der Waals surface area (Å²) in [5.41, 5.74) is 8.12. The van der Waals surface area contributed by atoms with Crippen molar-refractivity contribution in [1.29, 1.82) is 0 Å². The van der Waals surface area contributed by atoms with E-state index in [4.69, 9.17) is 15.2 Å². The van der Waals surface area contributed by atoms with Gasteiger partial charge in [-0.1, -0.05) is 0 Å². The molecule has 0 unspecified atom stereocenters. The van der Waals surface area contributed by atoms with Crippen molar-refractivity contribution >= 4 is 0 Å². The molecule has 1 aromatic rings. The molecule has 0 spiro atoms. The highest BCUT2D eigenvalue weighted by Crippen LogP contribution is 2.35. The van der Waals surface area contributed by atoms with Gasteiger partial charge in [0.15, 0.2) is 0 Å². The van der Waals surface area contributed by atoms with E-state index in [1.54, 1.807) is 7.11 Å². The third-order valence-corrected chi connectivity index (χ3v) is 2.61. The summed E-state index contributed by atoms with van der Waals surface area (Å²) in [7, 11) is 1.67. The van der Waals surface area contributed by atoms with E-state index in [2.05, 4.69) is 0 Å². The van der Waals surface area contributed by atoms with E-state index in [1.807, 2.05) is 19.1 Å². The molecular formula is C11H15NO2. The van der Waals surface area contributed by atoms with Crippen LogP contribution in [0.15, 0.2) is 12.1 Å². The van der Waals surface area contributed by atoms with Gasteiger partial charge in [0.2, 0.25) is 0 Å². The first-order chi connectivity index (χ1) is 6.72. The molecule has 3 heteroatoms. The van der Waals surface area contributed by atoms with Crippen molar-refractivity contribution in [2.75, 3.05) is 13.7 Å². The minimum absolute atomic E-state index is 0.0771. The van der Waals surface area contributed by atoms with Crippen LogP contribution in [0.25, 0.3) is 0 Å². The van der Waals surface area contributed by atoms with Crippen LogP contribution in [0.3, 0.4) is 0 Å². The second kappa shape index (κ2) is 3.50. The van der Waals surface area contributed by atoms with Crippen LogP contribution in [0.5, 0.6) is 11.5 Å². The Bertz CT molecular complexity index is 349. The third-order valence-electron chi connectivity index (χ3n) is 2.61. The van der Waals surface area contributed by atoms with Gasteiger partial charge in [-0.2, -0.15) is 0 Å². The molecule has 0 radical (unpaired) electrons. The maximum absolute atomic E-state index is 5.98. The average Bonchev–Trinajstić information content (AvgIpc) is 2.17. The van der Waals surface area contributed by atoms with E-state index in [0.29, 0.717) is 6.61 Å². The van der Waals surface area contributed by atoms with Gasteiger partial charge in [-0.15, -0.1) is 0 Å². The SMILES string of the molecule is COc1cc2c(cc1C)OCC[C@@H]2N. The predicted molar refractivity (Wildman–Crippen MR) is 54.8 cm³/mol. The van der Waals surface area contributed by atoms with Crippen molar-refractivity contribution < 1.29 is 9.47 Å². The molecule has 0 saturated heterocycles. The fourth-order valence-corrected chi connectivity index (χ4v) is 1.76. The number of rotatable bonds is 1. The van der Waals surface area contributed by atoms with Gasteiger partial charge in [0.1, 0.15) is 11.5 Å². The summed E-state index contributed by atoms with van der Waals surface area (Å²) in [6.45, 7) is 2.71. The fourth-order valence-electron chi connectivity index (χ4n) is 1.76.